The standard InChI is InChI=1S/C15H27P.2ClH.Ru/c1-2-8-13(7-1)16(14-9-3-4-10-14)15-11-5-6-12-15;;;/h13-15H,1-12H2;2*1H;. The summed E-state index contributed by atoms with van der Waals surface area (Å²) in [4.78, 5) is 0. The normalized spacial score (nSPS) is 25.1. The molecule has 0 heterocycles. The number of hydrogen-bond acceptors (Lipinski definition) is 0. The van der Waals surface area contributed by atoms with E-state index in [2.05, 4.69) is 0 Å². The van der Waals surface area contributed by atoms with Crippen LogP contribution in [-0.4, -0.2) is 17.0 Å². The third kappa shape index (κ3) is 5.09. The average molecular weight is 412 g/mol. The molecule has 0 bridgehead atoms. The molecule has 116 valence electrons. The van der Waals surface area contributed by atoms with Crippen LogP contribution in [0.3, 0.4) is 0 Å². The maximum absolute atomic E-state index is 1.61. The van der Waals surface area contributed by atoms with Crippen molar-refractivity contribution >= 4 is 32.7 Å². The van der Waals surface area contributed by atoms with Gasteiger partial charge in [-0.3, -0.25) is 0 Å². The minimum absolute atomic E-state index is 0. The summed E-state index contributed by atoms with van der Waals surface area (Å²) in [6.45, 7) is 0. The van der Waals surface area contributed by atoms with Crippen molar-refractivity contribution < 1.29 is 19.5 Å². The minimum Gasteiger partial charge on any atom is -0.147 e. The fraction of sp³-hybridized carbons (Fsp3) is 1.00. The van der Waals surface area contributed by atoms with Gasteiger partial charge in [0, 0.05) is 19.5 Å². The maximum Gasteiger partial charge on any atom is 0 e. The van der Waals surface area contributed by atoms with Crippen LogP contribution in [0.4, 0.5) is 0 Å². The molecule has 0 nitrogen and oxygen atoms in total. The van der Waals surface area contributed by atoms with E-state index < -0.39 is 0 Å². The van der Waals surface area contributed by atoms with Crippen LogP contribution in [0.2, 0.25) is 0 Å². The Morgan fingerprint density at radius 2 is 0.684 bits per heavy atom. The Bertz CT molecular complexity index is 184. The first kappa shape index (κ1) is 20.6. The summed E-state index contributed by atoms with van der Waals surface area (Å²) < 4.78 is 0. The van der Waals surface area contributed by atoms with Crippen LogP contribution in [-0.2, 0) is 19.5 Å². The molecular weight excluding hydrogens is 383 g/mol. The molecule has 0 aromatic rings. The van der Waals surface area contributed by atoms with E-state index in [0.29, 0.717) is 7.92 Å². The Labute approximate surface area is 146 Å². The van der Waals surface area contributed by atoms with Gasteiger partial charge in [-0.2, -0.15) is 0 Å². The third-order valence-corrected chi connectivity index (χ3v) is 9.32. The molecule has 3 rings (SSSR count). The van der Waals surface area contributed by atoms with E-state index in [1.165, 1.54) is 17.0 Å². The van der Waals surface area contributed by atoms with Crippen LogP contribution >= 0.6 is 32.7 Å². The van der Waals surface area contributed by atoms with Crippen LogP contribution in [0.5, 0.6) is 0 Å². The van der Waals surface area contributed by atoms with E-state index >= 15 is 0 Å². The van der Waals surface area contributed by atoms with Gasteiger partial charge in [-0.15, -0.1) is 24.8 Å². The van der Waals surface area contributed by atoms with Crippen molar-refractivity contribution in [1.82, 2.24) is 0 Å². The van der Waals surface area contributed by atoms with Crippen LogP contribution < -0.4 is 0 Å². The van der Waals surface area contributed by atoms with Gasteiger partial charge in [0.1, 0.15) is 0 Å². The molecule has 3 saturated carbocycles. The first-order valence-electron chi connectivity index (χ1n) is 7.72. The summed E-state index contributed by atoms with van der Waals surface area (Å²) in [6, 6.07) is 0. The zero-order chi connectivity index (χ0) is 10.8. The second-order valence-electron chi connectivity index (χ2n) is 6.26. The Balaban J connectivity index is 0.00000108. The molecule has 0 atom stereocenters. The third-order valence-electron chi connectivity index (χ3n) is 5.24. The topological polar surface area (TPSA) is 0 Å². The second kappa shape index (κ2) is 10.4. The summed E-state index contributed by atoms with van der Waals surface area (Å²) >= 11 is 0. The molecule has 19 heavy (non-hydrogen) atoms. The molecule has 0 spiro atoms. The summed E-state index contributed by atoms with van der Waals surface area (Å²) in [7, 11) is 0.436. The van der Waals surface area contributed by atoms with Gasteiger partial charge in [0.05, 0.1) is 0 Å². The predicted molar refractivity (Wildman–Crippen MR) is 88.2 cm³/mol. The van der Waals surface area contributed by atoms with Crippen LogP contribution in [0.1, 0.15) is 77.0 Å². The fourth-order valence-electron chi connectivity index (χ4n) is 4.50. The SMILES string of the molecule is C1CCC(P(C2CCCC2)C2CCCC2)C1.Cl.Cl.[Ru]. The first-order chi connectivity index (χ1) is 7.95. The van der Waals surface area contributed by atoms with Crippen molar-refractivity contribution in [3.05, 3.63) is 0 Å². The molecule has 3 fully saturated rings. The smallest absolute Gasteiger partial charge is 0 e. The quantitative estimate of drug-likeness (QED) is 0.386. The van der Waals surface area contributed by atoms with E-state index in [-0.39, 0.29) is 44.3 Å². The van der Waals surface area contributed by atoms with Gasteiger partial charge in [-0.05, 0) is 55.5 Å². The molecule has 3 aliphatic carbocycles. The Kier molecular flexibility index (Phi) is 11.3. The van der Waals surface area contributed by atoms with Crippen molar-refractivity contribution in [2.75, 3.05) is 0 Å². The van der Waals surface area contributed by atoms with Gasteiger partial charge < -0.3 is 0 Å². The Morgan fingerprint density at radius 1 is 0.474 bits per heavy atom. The summed E-state index contributed by atoms with van der Waals surface area (Å²) in [6.07, 6.45) is 19.0. The molecule has 0 aromatic heterocycles. The average Bonchev–Trinajstić information content (AvgIpc) is 3.02. The summed E-state index contributed by atoms with van der Waals surface area (Å²) in [5, 5.41) is 0. The van der Waals surface area contributed by atoms with Crippen molar-refractivity contribution in [2.24, 2.45) is 0 Å². The van der Waals surface area contributed by atoms with Gasteiger partial charge >= 0.3 is 0 Å². The zero-order valence-electron chi connectivity index (χ0n) is 11.8. The molecule has 0 radical (unpaired) electrons. The van der Waals surface area contributed by atoms with Gasteiger partial charge in [0.25, 0.3) is 0 Å². The Hall–Kier alpha value is 1.63. The molecular formula is C15H29Cl2PRu. The zero-order valence-corrected chi connectivity index (χ0v) is 16.1. The molecule has 0 aliphatic heterocycles. The number of hydrogen-bond donors (Lipinski definition) is 0. The predicted octanol–water partition coefficient (Wildman–Crippen LogP) is 6.14. The van der Waals surface area contributed by atoms with Crippen molar-refractivity contribution in [1.29, 1.82) is 0 Å². The van der Waals surface area contributed by atoms with E-state index in [0.717, 1.165) is 0 Å². The van der Waals surface area contributed by atoms with Gasteiger partial charge in [0.2, 0.25) is 0 Å². The molecule has 4 heteroatoms. The Morgan fingerprint density at radius 3 is 0.895 bits per heavy atom. The summed E-state index contributed by atoms with van der Waals surface area (Å²) in [5.74, 6) is 0. The molecule has 3 aliphatic rings. The van der Waals surface area contributed by atoms with Gasteiger partial charge in [-0.1, -0.05) is 46.4 Å². The van der Waals surface area contributed by atoms with Crippen LogP contribution in [0.15, 0.2) is 0 Å². The minimum atomic E-state index is 0. The van der Waals surface area contributed by atoms with E-state index in [4.69, 9.17) is 0 Å². The van der Waals surface area contributed by atoms with Gasteiger partial charge in [-0.25, -0.2) is 0 Å². The summed E-state index contributed by atoms with van der Waals surface area (Å²) in [5.41, 5.74) is 3.63. The molecule has 0 amide bonds. The molecule has 0 N–H and O–H groups in total. The maximum atomic E-state index is 1.61. The number of halogens is 2. The second-order valence-corrected chi connectivity index (χ2v) is 9.35. The number of rotatable bonds is 3. The van der Waals surface area contributed by atoms with E-state index in [1.807, 2.05) is 0 Å². The van der Waals surface area contributed by atoms with E-state index in [9.17, 15) is 0 Å². The molecule has 0 unspecified atom stereocenters. The monoisotopic (exact) mass is 412 g/mol. The van der Waals surface area contributed by atoms with E-state index in [1.54, 1.807) is 77.0 Å². The van der Waals surface area contributed by atoms with Crippen molar-refractivity contribution in [3.63, 3.8) is 0 Å². The van der Waals surface area contributed by atoms with Crippen molar-refractivity contribution in [3.8, 4) is 0 Å². The van der Waals surface area contributed by atoms with Gasteiger partial charge in [0.15, 0.2) is 0 Å². The fourth-order valence-corrected chi connectivity index (χ4v) is 9.17. The van der Waals surface area contributed by atoms with Crippen molar-refractivity contribution in [2.45, 2.75) is 94.0 Å². The molecule has 0 aromatic carbocycles. The van der Waals surface area contributed by atoms with Crippen LogP contribution in [0, 0.1) is 0 Å². The first-order valence-corrected chi connectivity index (χ1v) is 9.27. The molecule has 0 saturated heterocycles. The van der Waals surface area contributed by atoms with Crippen LogP contribution in [0.25, 0.3) is 0 Å². The largest absolute Gasteiger partial charge is 0.147 e.